The molecule has 0 bridgehead atoms. The molecule has 1 saturated heterocycles. The molecule has 0 unspecified atom stereocenters. The molecule has 0 saturated carbocycles. The molecule has 1 aliphatic heterocycles. The molecule has 1 aromatic carbocycles. The first-order valence-corrected chi connectivity index (χ1v) is 11.0. The number of hydrogen-bond donors (Lipinski definition) is 2. The maximum absolute atomic E-state index is 13.4. The van der Waals surface area contributed by atoms with Crippen molar-refractivity contribution in [2.24, 2.45) is 0 Å². The van der Waals surface area contributed by atoms with Gasteiger partial charge in [-0.25, -0.2) is 0 Å². The number of H-pyrrole nitrogens is 1. The summed E-state index contributed by atoms with van der Waals surface area (Å²) < 4.78 is 40.1. The van der Waals surface area contributed by atoms with Crippen LogP contribution in [-0.4, -0.2) is 38.2 Å². The highest BCUT2D eigenvalue weighted by atomic mass is 19.4. The van der Waals surface area contributed by atoms with Gasteiger partial charge in [-0.2, -0.15) is 18.3 Å². The third-order valence-electron chi connectivity index (χ3n) is 5.99. The van der Waals surface area contributed by atoms with Crippen LogP contribution in [0.2, 0.25) is 0 Å². The summed E-state index contributed by atoms with van der Waals surface area (Å²) in [5.74, 6) is 0. The molecule has 0 radical (unpaired) electrons. The van der Waals surface area contributed by atoms with Gasteiger partial charge in [-0.15, -0.1) is 0 Å². The number of pyridine rings is 2. The van der Waals surface area contributed by atoms with Crippen molar-refractivity contribution >= 4 is 22.3 Å². The average molecular weight is 464 g/mol. The summed E-state index contributed by atoms with van der Waals surface area (Å²) in [4.78, 5) is 10.7. The van der Waals surface area contributed by atoms with Gasteiger partial charge in [-0.1, -0.05) is 12.6 Å². The van der Waals surface area contributed by atoms with Crippen molar-refractivity contribution in [3.63, 3.8) is 0 Å². The van der Waals surface area contributed by atoms with Crippen LogP contribution in [-0.2, 0) is 12.7 Å². The number of fused-ring (bicyclic) bond motifs is 1. The van der Waals surface area contributed by atoms with Crippen LogP contribution in [0.1, 0.15) is 29.7 Å². The van der Waals surface area contributed by atoms with E-state index in [4.69, 9.17) is 0 Å². The molecule has 0 atom stereocenters. The number of nitrogens with one attached hydrogen (secondary N) is 2. The smallest absolute Gasteiger partial charge is 0.352 e. The number of benzene rings is 1. The van der Waals surface area contributed by atoms with Gasteiger partial charge in [0.05, 0.1) is 28.7 Å². The highest BCUT2D eigenvalue weighted by molar-refractivity contribution is 5.95. The predicted molar refractivity (Wildman–Crippen MR) is 126 cm³/mol. The number of halogens is 3. The lowest BCUT2D eigenvalue weighted by Crippen LogP contribution is -2.18. The topological polar surface area (TPSA) is 69.7 Å². The summed E-state index contributed by atoms with van der Waals surface area (Å²) >= 11 is 0. The van der Waals surface area contributed by atoms with E-state index in [1.807, 2.05) is 30.6 Å². The fourth-order valence-corrected chi connectivity index (χ4v) is 4.32. The number of hydrogen-bond acceptors (Lipinski definition) is 5. The standard InChI is InChI=1S/C25H23F3N6/c1-16(31-23-14-29-7-6-21(23)25(26,27)28)24-20-11-18(4-5-22(20)32-33-24)19-10-17(12-30-13-19)15-34-8-2-3-9-34/h4-7,10-14,31H,1-3,8-9,15H2,(H,32,33). The first-order chi connectivity index (χ1) is 16.4. The van der Waals surface area contributed by atoms with E-state index in [1.54, 1.807) is 0 Å². The van der Waals surface area contributed by atoms with Gasteiger partial charge in [0.15, 0.2) is 0 Å². The highest BCUT2D eigenvalue weighted by Crippen LogP contribution is 2.36. The highest BCUT2D eigenvalue weighted by Gasteiger charge is 2.33. The van der Waals surface area contributed by atoms with E-state index in [0.717, 1.165) is 65.7 Å². The summed E-state index contributed by atoms with van der Waals surface area (Å²) in [6.07, 6.45) is 3.89. The molecule has 2 N–H and O–H groups in total. The number of alkyl halides is 3. The molecule has 5 rings (SSSR count). The molecule has 0 amide bonds. The van der Waals surface area contributed by atoms with Crippen LogP contribution < -0.4 is 5.32 Å². The molecule has 0 aliphatic carbocycles. The van der Waals surface area contributed by atoms with E-state index < -0.39 is 11.7 Å². The second-order valence-corrected chi connectivity index (χ2v) is 8.42. The van der Waals surface area contributed by atoms with E-state index in [2.05, 4.69) is 43.0 Å². The predicted octanol–water partition coefficient (Wildman–Crippen LogP) is 5.72. The van der Waals surface area contributed by atoms with Crippen LogP contribution in [0, 0.1) is 0 Å². The SMILES string of the molecule is C=C(Nc1cnccc1C(F)(F)F)c1n[nH]c2ccc(-c3cncc(CN4CCCC4)c3)cc12. The molecule has 9 heteroatoms. The van der Waals surface area contributed by atoms with Gasteiger partial charge in [0.1, 0.15) is 5.69 Å². The molecule has 3 aromatic heterocycles. The number of anilines is 1. The molecule has 4 aromatic rings. The molecule has 34 heavy (non-hydrogen) atoms. The summed E-state index contributed by atoms with van der Waals surface area (Å²) in [7, 11) is 0. The van der Waals surface area contributed by atoms with E-state index in [1.165, 1.54) is 12.8 Å². The second kappa shape index (κ2) is 8.90. The molecule has 6 nitrogen and oxygen atoms in total. The van der Waals surface area contributed by atoms with Gasteiger partial charge >= 0.3 is 6.18 Å². The lowest BCUT2D eigenvalue weighted by atomic mass is 10.0. The van der Waals surface area contributed by atoms with E-state index in [-0.39, 0.29) is 11.4 Å². The Bertz CT molecular complexity index is 1340. The second-order valence-electron chi connectivity index (χ2n) is 8.42. The van der Waals surface area contributed by atoms with E-state index in [9.17, 15) is 13.2 Å². The van der Waals surface area contributed by atoms with Crippen molar-refractivity contribution in [2.75, 3.05) is 18.4 Å². The Morgan fingerprint density at radius 3 is 2.65 bits per heavy atom. The Balaban J connectivity index is 1.44. The van der Waals surface area contributed by atoms with E-state index in [0.29, 0.717) is 5.69 Å². The van der Waals surface area contributed by atoms with Gasteiger partial charge in [0.2, 0.25) is 0 Å². The van der Waals surface area contributed by atoms with Gasteiger partial charge in [0.25, 0.3) is 0 Å². The fraction of sp³-hybridized carbons (Fsp3) is 0.240. The molecule has 1 fully saturated rings. The summed E-state index contributed by atoms with van der Waals surface area (Å²) in [6.45, 7) is 7.02. The van der Waals surface area contributed by atoms with Crippen LogP contribution in [0.3, 0.4) is 0 Å². The van der Waals surface area contributed by atoms with Crippen molar-refractivity contribution in [3.05, 3.63) is 78.5 Å². The minimum Gasteiger partial charge on any atom is -0.352 e. The maximum Gasteiger partial charge on any atom is 0.418 e. The summed E-state index contributed by atoms with van der Waals surface area (Å²) in [5, 5.41) is 10.7. The number of aromatic nitrogens is 4. The Kier molecular flexibility index (Phi) is 5.79. The zero-order valence-corrected chi connectivity index (χ0v) is 18.4. The van der Waals surface area contributed by atoms with Crippen LogP contribution in [0.15, 0.2) is 61.7 Å². The van der Waals surface area contributed by atoms with Crippen molar-refractivity contribution < 1.29 is 13.2 Å². The number of likely N-dealkylation sites (tertiary alicyclic amines) is 1. The number of rotatable bonds is 6. The quantitative estimate of drug-likeness (QED) is 0.382. The van der Waals surface area contributed by atoms with Crippen LogP contribution in [0.25, 0.3) is 27.7 Å². The zero-order chi connectivity index (χ0) is 23.7. The van der Waals surface area contributed by atoms with Crippen LogP contribution >= 0.6 is 0 Å². The van der Waals surface area contributed by atoms with Crippen LogP contribution in [0.4, 0.5) is 18.9 Å². The summed E-state index contributed by atoms with van der Waals surface area (Å²) in [5.41, 5.74) is 3.50. The first-order valence-electron chi connectivity index (χ1n) is 11.0. The number of aromatic amines is 1. The Hall–Kier alpha value is -3.72. The fourth-order valence-electron chi connectivity index (χ4n) is 4.32. The lowest BCUT2D eigenvalue weighted by molar-refractivity contribution is -0.137. The largest absolute Gasteiger partial charge is 0.418 e. The molecule has 1 aliphatic rings. The molecule has 174 valence electrons. The van der Waals surface area contributed by atoms with Crippen molar-refractivity contribution in [3.8, 4) is 11.1 Å². The zero-order valence-electron chi connectivity index (χ0n) is 18.4. The Morgan fingerprint density at radius 2 is 1.85 bits per heavy atom. The molecular weight excluding hydrogens is 441 g/mol. The van der Waals surface area contributed by atoms with Crippen molar-refractivity contribution in [1.82, 2.24) is 25.1 Å². The molecule has 4 heterocycles. The van der Waals surface area contributed by atoms with Gasteiger partial charge in [-0.3, -0.25) is 20.0 Å². The lowest BCUT2D eigenvalue weighted by Gasteiger charge is -2.15. The normalized spacial score (nSPS) is 14.6. The van der Waals surface area contributed by atoms with Crippen LogP contribution in [0.5, 0.6) is 0 Å². The number of nitrogens with zero attached hydrogens (tertiary/aromatic N) is 4. The first kappa shape index (κ1) is 22.1. The van der Waals surface area contributed by atoms with Crippen molar-refractivity contribution in [2.45, 2.75) is 25.6 Å². The summed E-state index contributed by atoms with van der Waals surface area (Å²) in [6, 6.07) is 8.88. The van der Waals surface area contributed by atoms with Gasteiger partial charge < -0.3 is 5.32 Å². The third kappa shape index (κ3) is 4.51. The minimum atomic E-state index is -4.51. The molecule has 0 spiro atoms. The third-order valence-corrected chi connectivity index (χ3v) is 5.99. The average Bonchev–Trinajstić information content (AvgIpc) is 3.48. The monoisotopic (exact) mass is 464 g/mol. The Morgan fingerprint density at radius 1 is 1.03 bits per heavy atom. The van der Waals surface area contributed by atoms with Gasteiger partial charge in [0, 0.05) is 36.1 Å². The maximum atomic E-state index is 13.4. The van der Waals surface area contributed by atoms with Gasteiger partial charge in [-0.05, 0) is 61.3 Å². The molecular formula is C25H23F3N6. The van der Waals surface area contributed by atoms with E-state index >= 15 is 0 Å². The Labute approximate surface area is 194 Å². The van der Waals surface area contributed by atoms with Crippen molar-refractivity contribution in [1.29, 1.82) is 0 Å². The minimum absolute atomic E-state index is 0.175.